The molecule has 126 valence electrons. The van der Waals surface area contributed by atoms with Crippen molar-refractivity contribution in [1.82, 2.24) is 20.4 Å². The number of methoxy groups -OCH3 is 1. The van der Waals surface area contributed by atoms with Gasteiger partial charge in [0.05, 0.1) is 13.2 Å². The van der Waals surface area contributed by atoms with Gasteiger partial charge in [-0.25, -0.2) is 0 Å². The smallest absolute Gasteiger partial charge is 0.190 e. The number of nitrogens with one attached hydrogen (secondary N) is 2. The van der Waals surface area contributed by atoms with Gasteiger partial charge in [-0.3, -0.25) is 9.67 Å². The number of aliphatic imine (C=N–C) groups is 1. The Balaban J connectivity index is 2.06. The summed E-state index contributed by atoms with van der Waals surface area (Å²) >= 11 is 0. The van der Waals surface area contributed by atoms with E-state index in [0.29, 0.717) is 19.1 Å². The molecule has 7 nitrogen and oxygen atoms in total. The zero-order valence-electron chi connectivity index (χ0n) is 13.9. The quantitative estimate of drug-likeness (QED) is 0.358. The summed E-state index contributed by atoms with van der Waals surface area (Å²) in [6.07, 6.45) is 4.72. The predicted molar refractivity (Wildman–Crippen MR) is 88.1 cm³/mol. The van der Waals surface area contributed by atoms with Crippen molar-refractivity contribution in [3.63, 3.8) is 0 Å². The van der Waals surface area contributed by atoms with Gasteiger partial charge in [0, 0.05) is 52.8 Å². The molecule has 0 saturated heterocycles. The third-order valence-electron chi connectivity index (χ3n) is 3.09. The molecule has 0 spiro atoms. The number of hydrogen-bond acceptors (Lipinski definition) is 4. The Hall–Kier alpha value is -1.60. The van der Waals surface area contributed by atoms with Crippen LogP contribution in [0.1, 0.15) is 13.3 Å². The van der Waals surface area contributed by atoms with Crippen LogP contribution in [0.5, 0.6) is 0 Å². The molecule has 1 rings (SSSR count). The Bertz CT molecular complexity index is 395. The van der Waals surface area contributed by atoms with Gasteiger partial charge in [-0.05, 0) is 18.4 Å². The second kappa shape index (κ2) is 12.0. The van der Waals surface area contributed by atoms with Crippen LogP contribution in [0.15, 0.2) is 23.5 Å². The highest BCUT2D eigenvalue weighted by Crippen LogP contribution is 1.97. The van der Waals surface area contributed by atoms with Gasteiger partial charge < -0.3 is 20.1 Å². The molecule has 1 aromatic rings. The largest absolute Gasteiger partial charge is 0.382 e. The van der Waals surface area contributed by atoms with Crippen molar-refractivity contribution in [2.24, 2.45) is 10.9 Å². The van der Waals surface area contributed by atoms with Crippen molar-refractivity contribution in [1.29, 1.82) is 0 Å². The molecule has 1 atom stereocenters. The van der Waals surface area contributed by atoms with Gasteiger partial charge in [0.1, 0.15) is 0 Å². The van der Waals surface area contributed by atoms with E-state index >= 15 is 0 Å². The molecule has 2 N–H and O–H groups in total. The summed E-state index contributed by atoms with van der Waals surface area (Å²) in [5.41, 5.74) is 0. The van der Waals surface area contributed by atoms with Gasteiger partial charge in [0.15, 0.2) is 5.96 Å². The van der Waals surface area contributed by atoms with Crippen molar-refractivity contribution in [3.8, 4) is 0 Å². The molecule has 0 aliphatic rings. The molecule has 0 aliphatic carbocycles. The van der Waals surface area contributed by atoms with Crippen molar-refractivity contribution in [3.05, 3.63) is 18.5 Å². The first-order chi connectivity index (χ1) is 10.8. The lowest BCUT2D eigenvalue weighted by Crippen LogP contribution is -2.40. The van der Waals surface area contributed by atoms with Crippen molar-refractivity contribution in [2.75, 3.05) is 47.1 Å². The van der Waals surface area contributed by atoms with Crippen LogP contribution in [0.3, 0.4) is 0 Å². The molecule has 0 aromatic carbocycles. The Morgan fingerprint density at radius 3 is 2.86 bits per heavy atom. The number of ether oxygens (including phenoxy) is 2. The van der Waals surface area contributed by atoms with Gasteiger partial charge >= 0.3 is 0 Å². The number of hydrogen-bond donors (Lipinski definition) is 2. The second-order valence-corrected chi connectivity index (χ2v) is 5.17. The fourth-order valence-corrected chi connectivity index (χ4v) is 1.91. The van der Waals surface area contributed by atoms with Gasteiger partial charge in [-0.2, -0.15) is 5.10 Å². The van der Waals surface area contributed by atoms with Crippen LogP contribution in [0, 0.1) is 5.92 Å². The van der Waals surface area contributed by atoms with E-state index in [2.05, 4.69) is 27.6 Å². The molecule has 0 bridgehead atoms. The fraction of sp³-hybridized carbons (Fsp3) is 0.733. The van der Waals surface area contributed by atoms with Gasteiger partial charge in [0.25, 0.3) is 0 Å². The van der Waals surface area contributed by atoms with E-state index < -0.39 is 0 Å². The topological polar surface area (TPSA) is 72.7 Å². The Labute approximate surface area is 133 Å². The summed E-state index contributed by atoms with van der Waals surface area (Å²) in [6.45, 7) is 6.78. The van der Waals surface area contributed by atoms with Crippen molar-refractivity contribution < 1.29 is 9.47 Å². The molecule has 0 amide bonds. The molecule has 1 unspecified atom stereocenters. The Kier molecular flexibility index (Phi) is 10.1. The lowest BCUT2D eigenvalue weighted by molar-refractivity contribution is 0.0698. The SMILES string of the molecule is CN=C(NCCCOCCOC)NCC(C)Cn1cccn1. The van der Waals surface area contributed by atoms with Crippen LogP contribution >= 0.6 is 0 Å². The highest BCUT2D eigenvalue weighted by molar-refractivity contribution is 5.79. The summed E-state index contributed by atoms with van der Waals surface area (Å²) < 4.78 is 12.3. The first-order valence-corrected chi connectivity index (χ1v) is 7.75. The summed E-state index contributed by atoms with van der Waals surface area (Å²) in [5, 5.41) is 10.8. The molecule has 22 heavy (non-hydrogen) atoms. The first kappa shape index (κ1) is 18.4. The van der Waals surface area contributed by atoms with E-state index in [-0.39, 0.29) is 0 Å². The van der Waals surface area contributed by atoms with Crippen LogP contribution in [-0.2, 0) is 16.0 Å². The van der Waals surface area contributed by atoms with E-state index in [1.807, 2.05) is 16.9 Å². The zero-order chi connectivity index (χ0) is 16.0. The van der Waals surface area contributed by atoms with E-state index in [4.69, 9.17) is 9.47 Å². The highest BCUT2D eigenvalue weighted by atomic mass is 16.5. The maximum absolute atomic E-state index is 5.41. The monoisotopic (exact) mass is 311 g/mol. The second-order valence-electron chi connectivity index (χ2n) is 5.17. The predicted octanol–water partition coefficient (Wildman–Crippen LogP) is 0.737. The van der Waals surface area contributed by atoms with E-state index in [0.717, 1.165) is 38.6 Å². The summed E-state index contributed by atoms with van der Waals surface area (Å²) in [5.74, 6) is 1.29. The van der Waals surface area contributed by atoms with Crippen LogP contribution in [0.25, 0.3) is 0 Å². The van der Waals surface area contributed by atoms with Crippen LogP contribution in [0.4, 0.5) is 0 Å². The Morgan fingerprint density at radius 1 is 1.32 bits per heavy atom. The maximum atomic E-state index is 5.41. The van der Waals surface area contributed by atoms with Gasteiger partial charge in [0.2, 0.25) is 0 Å². The molecule has 0 radical (unpaired) electrons. The minimum absolute atomic E-state index is 0.468. The van der Waals surface area contributed by atoms with Gasteiger partial charge in [-0.1, -0.05) is 6.92 Å². The lowest BCUT2D eigenvalue weighted by Gasteiger charge is -2.16. The number of aromatic nitrogens is 2. The zero-order valence-corrected chi connectivity index (χ0v) is 13.9. The Morgan fingerprint density at radius 2 is 2.18 bits per heavy atom. The average Bonchev–Trinajstić information content (AvgIpc) is 3.02. The maximum Gasteiger partial charge on any atom is 0.190 e. The molecule has 7 heteroatoms. The highest BCUT2D eigenvalue weighted by Gasteiger charge is 2.05. The van der Waals surface area contributed by atoms with E-state index in [9.17, 15) is 0 Å². The minimum atomic E-state index is 0.468. The minimum Gasteiger partial charge on any atom is -0.382 e. The van der Waals surface area contributed by atoms with Crippen LogP contribution in [0.2, 0.25) is 0 Å². The molecule has 0 aliphatic heterocycles. The normalized spacial score (nSPS) is 13.1. The first-order valence-electron chi connectivity index (χ1n) is 7.75. The summed E-state index contributed by atoms with van der Waals surface area (Å²) in [7, 11) is 3.45. The fourth-order valence-electron chi connectivity index (χ4n) is 1.91. The van der Waals surface area contributed by atoms with Crippen LogP contribution in [-0.4, -0.2) is 62.8 Å². The lowest BCUT2D eigenvalue weighted by atomic mass is 10.2. The molecule has 0 fully saturated rings. The van der Waals surface area contributed by atoms with E-state index in [1.54, 1.807) is 20.4 Å². The molecular weight excluding hydrogens is 282 g/mol. The third kappa shape index (κ3) is 8.63. The third-order valence-corrected chi connectivity index (χ3v) is 3.09. The van der Waals surface area contributed by atoms with E-state index in [1.165, 1.54) is 0 Å². The number of guanidine groups is 1. The summed E-state index contributed by atoms with van der Waals surface area (Å²) in [6, 6.07) is 1.94. The molecular formula is C15H29N5O2. The van der Waals surface area contributed by atoms with Crippen molar-refractivity contribution >= 4 is 5.96 Å². The average molecular weight is 311 g/mol. The van der Waals surface area contributed by atoms with Crippen LogP contribution < -0.4 is 10.6 Å². The molecule has 0 saturated carbocycles. The summed E-state index contributed by atoms with van der Waals surface area (Å²) in [4.78, 5) is 4.22. The molecule has 1 aromatic heterocycles. The number of rotatable bonds is 11. The molecule has 1 heterocycles. The number of nitrogens with zero attached hydrogens (tertiary/aromatic N) is 3. The van der Waals surface area contributed by atoms with Crippen molar-refractivity contribution in [2.45, 2.75) is 19.9 Å². The van der Waals surface area contributed by atoms with Gasteiger partial charge in [-0.15, -0.1) is 0 Å². The standard InChI is InChI=1S/C15H29N5O2/c1-14(13-20-8-4-7-19-20)12-18-15(16-2)17-6-5-9-22-11-10-21-3/h4,7-8,14H,5-6,9-13H2,1-3H3,(H2,16,17,18).